The monoisotopic (exact) mass is 261 g/mol. The zero-order valence-electron chi connectivity index (χ0n) is 8.72. The number of benzene rings is 2. The maximum absolute atomic E-state index is 9.36. The highest BCUT2D eigenvalue weighted by atomic mass is 35.5. The Kier molecular flexibility index (Phi) is 3.58. The van der Waals surface area contributed by atoms with E-state index in [1.54, 1.807) is 36.4 Å². The Morgan fingerprint density at radius 3 is 2.71 bits per heavy atom. The van der Waals surface area contributed by atoms with Gasteiger partial charge >= 0.3 is 0 Å². The third-order valence-electron chi connectivity index (χ3n) is 2.11. The molecule has 2 aromatic carbocycles. The van der Waals surface area contributed by atoms with Gasteiger partial charge in [0.25, 0.3) is 0 Å². The molecule has 4 heteroatoms. The van der Waals surface area contributed by atoms with Gasteiger partial charge in [0.05, 0.1) is 5.56 Å². The fraction of sp³-hybridized carbons (Fsp3) is 0. The molecule has 0 unspecified atom stereocenters. The molecule has 0 spiro atoms. The number of nitriles is 1. The van der Waals surface area contributed by atoms with Crippen molar-refractivity contribution in [2.45, 2.75) is 9.79 Å². The quantitative estimate of drug-likeness (QED) is 0.886. The summed E-state index contributed by atoms with van der Waals surface area (Å²) in [5, 5.41) is 18.9. The maximum atomic E-state index is 9.36. The normalized spacial score (nSPS) is 9.88. The predicted octanol–water partition coefficient (Wildman–Crippen LogP) is 4.07. The summed E-state index contributed by atoms with van der Waals surface area (Å²) in [7, 11) is 0. The highest BCUT2D eigenvalue weighted by molar-refractivity contribution is 7.99. The Balaban J connectivity index is 2.34. The van der Waals surface area contributed by atoms with Gasteiger partial charge in [0.1, 0.15) is 11.8 Å². The van der Waals surface area contributed by atoms with Gasteiger partial charge in [-0.2, -0.15) is 5.26 Å². The van der Waals surface area contributed by atoms with Crippen LogP contribution in [0, 0.1) is 11.3 Å². The van der Waals surface area contributed by atoms with Gasteiger partial charge in [0.15, 0.2) is 0 Å². The first-order valence-corrected chi connectivity index (χ1v) is 6.05. The molecule has 0 bridgehead atoms. The molecule has 84 valence electrons. The van der Waals surface area contributed by atoms with Gasteiger partial charge < -0.3 is 5.11 Å². The average Bonchev–Trinajstić information content (AvgIpc) is 2.31. The number of aromatic hydroxyl groups is 1. The van der Waals surface area contributed by atoms with Crippen LogP contribution in [0.1, 0.15) is 5.56 Å². The van der Waals surface area contributed by atoms with E-state index in [-0.39, 0.29) is 5.75 Å². The maximum Gasteiger partial charge on any atom is 0.116 e. The molecule has 0 aliphatic carbocycles. The molecule has 17 heavy (non-hydrogen) atoms. The molecule has 0 fully saturated rings. The van der Waals surface area contributed by atoms with Crippen LogP contribution in [-0.2, 0) is 0 Å². The van der Waals surface area contributed by atoms with Crippen molar-refractivity contribution in [1.82, 2.24) is 0 Å². The first-order chi connectivity index (χ1) is 8.19. The Morgan fingerprint density at radius 2 is 2.00 bits per heavy atom. The fourth-order valence-corrected chi connectivity index (χ4v) is 2.46. The summed E-state index contributed by atoms with van der Waals surface area (Å²) >= 11 is 7.24. The molecular formula is C13H8ClNOS. The molecule has 0 saturated heterocycles. The highest BCUT2D eigenvalue weighted by Crippen LogP contribution is 2.32. The topological polar surface area (TPSA) is 44.0 Å². The lowest BCUT2D eigenvalue weighted by Gasteiger charge is -2.04. The van der Waals surface area contributed by atoms with Crippen LogP contribution < -0.4 is 0 Å². The molecule has 0 radical (unpaired) electrons. The zero-order valence-corrected chi connectivity index (χ0v) is 10.3. The lowest BCUT2D eigenvalue weighted by Crippen LogP contribution is -1.81. The molecule has 0 heterocycles. The molecule has 0 aromatic heterocycles. The van der Waals surface area contributed by atoms with Gasteiger partial charge in [-0.3, -0.25) is 0 Å². The second-order valence-electron chi connectivity index (χ2n) is 3.35. The number of nitrogens with zero attached hydrogens (tertiary/aromatic N) is 1. The molecule has 2 nitrogen and oxygen atoms in total. The molecule has 0 saturated carbocycles. The Morgan fingerprint density at radius 1 is 1.18 bits per heavy atom. The third-order valence-corrected chi connectivity index (χ3v) is 3.41. The van der Waals surface area contributed by atoms with E-state index in [0.29, 0.717) is 10.6 Å². The number of halogens is 1. The van der Waals surface area contributed by atoms with Gasteiger partial charge in [-0.05, 0) is 36.4 Å². The van der Waals surface area contributed by atoms with Crippen LogP contribution in [0.15, 0.2) is 52.3 Å². The van der Waals surface area contributed by atoms with Crippen molar-refractivity contribution in [1.29, 1.82) is 5.26 Å². The van der Waals surface area contributed by atoms with Gasteiger partial charge in [-0.1, -0.05) is 29.4 Å². The summed E-state index contributed by atoms with van der Waals surface area (Å²) in [6.07, 6.45) is 0. The van der Waals surface area contributed by atoms with Crippen LogP contribution in [0.25, 0.3) is 0 Å². The molecule has 1 N–H and O–H groups in total. The van der Waals surface area contributed by atoms with Crippen molar-refractivity contribution < 1.29 is 5.11 Å². The number of rotatable bonds is 2. The van der Waals surface area contributed by atoms with Gasteiger partial charge in [-0.15, -0.1) is 0 Å². The van der Waals surface area contributed by atoms with Crippen LogP contribution >= 0.6 is 23.4 Å². The van der Waals surface area contributed by atoms with Crippen molar-refractivity contribution in [3.8, 4) is 11.8 Å². The second kappa shape index (κ2) is 5.13. The summed E-state index contributed by atoms with van der Waals surface area (Å²) in [6.45, 7) is 0. The molecule has 0 aliphatic rings. The van der Waals surface area contributed by atoms with Gasteiger partial charge in [-0.25, -0.2) is 0 Å². The smallest absolute Gasteiger partial charge is 0.116 e. The first-order valence-electron chi connectivity index (χ1n) is 4.85. The minimum absolute atomic E-state index is 0.211. The first kappa shape index (κ1) is 11.8. The summed E-state index contributed by atoms with van der Waals surface area (Å²) in [6, 6.07) is 14.2. The number of phenols is 1. The second-order valence-corrected chi connectivity index (χ2v) is 4.90. The molecule has 2 rings (SSSR count). The SMILES string of the molecule is N#Cc1cc(Cl)ccc1Sc1cccc(O)c1. The summed E-state index contributed by atoms with van der Waals surface area (Å²) in [5.74, 6) is 0.211. The molecule has 0 amide bonds. The predicted molar refractivity (Wildman–Crippen MR) is 68.4 cm³/mol. The lowest BCUT2D eigenvalue weighted by molar-refractivity contribution is 0.474. The Labute approximate surface area is 108 Å². The number of phenolic OH excluding ortho intramolecular Hbond substituents is 1. The Bertz CT molecular complexity index is 592. The highest BCUT2D eigenvalue weighted by Gasteiger charge is 2.05. The molecule has 2 aromatic rings. The minimum atomic E-state index is 0.211. The van der Waals surface area contributed by atoms with Crippen LogP contribution in [0.2, 0.25) is 5.02 Å². The standard InChI is InChI=1S/C13H8ClNOS/c14-10-4-5-13(9(6-10)8-15)17-12-3-1-2-11(16)7-12/h1-7,16H. The van der Waals surface area contributed by atoms with E-state index in [0.717, 1.165) is 9.79 Å². The van der Waals surface area contributed by atoms with E-state index in [1.165, 1.54) is 11.8 Å². The van der Waals surface area contributed by atoms with Crippen molar-refractivity contribution in [3.05, 3.63) is 53.1 Å². The zero-order chi connectivity index (χ0) is 12.3. The molecular weight excluding hydrogens is 254 g/mol. The fourth-order valence-electron chi connectivity index (χ4n) is 1.35. The van der Waals surface area contributed by atoms with E-state index in [9.17, 15) is 5.11 Å². The third kappa shape index (κ3) is 2.94. The van der Waals surface area contributed by atoms with Gasteiger partial charge in [0, 0.05) is 14.8 Å². The molecule has 0 atom stereocenters. The van der Waals surface area contributed by atoms with Crippen LogP contribution in [0.3, 0.4) is 0 Å². The summed E-state index contributed by atoms with van der Waals surface area (Å²) in [4.78, 5) is 1.70. The summed E-state index contributed by atoms with van der Waals surface area (Å²) < 4.78 is 0. The van der Waals surface area contributed by atoms with Crippen molar-refractivity contribution in [2.75, 3.05) is 0 Å². The van der Waals surface area contributed by atoms with Crippen molar-refractivity contribution >= 4 is 23.4 Å². The largest absolute Gasteiger partial charge is 0.508 e. The Hall–Kier alpha value is -1.63. The van der Waals surface area contributed by atoms with Crippen LogP contribution in [0.4, 0.5) is 0 Å². The molecule has 0 aliphatic heterocycles. The van der Waals surface area contributed by atoms with Crippen LogP contribution in [-0.4, -0.2) is 5.11 Å². The van der Waals surface area contributed by atoms with E-state index in [2.05, 4.69) is 6.07 Å². The van der Waals surface area contributed by atoms with E-state index < -0.39 is 0 Å². The van der Waals surface area contributed by atoms with Crippen LogP contribution in [0.5, 0.6) is 5.75 Å². The average molecular weight is 262 g/mol. The van der Waals surface area contributed by atoms with Crippen molar-refractivity contribution in [2.24, 2.45) is 0 Å². The van der Waals surface area contributed by atoms with E-state index in [4.69, 9.17) is 16.9 Å². The number of hydrogen-bond donors (Lipinski definition) is 1. The van der Waals surface area contributed by atoms with E-state index >= 15 is 0 Å². The minimum Gasteiger partial charge on any atom is -0.508 e. The summed E-state index contributed by atoms with van der Waals surface area (Å²) in [5.41, 5.74) is 0.533. The van der Waals surface area contributed by atoms with E-state index in [1.807, 2.05) is 6.07 Å². The lowest BCUT2D eigenvalue weighted by atomic mass is 10.2. The number of hydrogen-bond acceptors (Lipinski definition) is 3. The van der Waals surface area contributed by atoms with Crippen molar-refractivity contribution in [3.63, 3.8) is 0 Å². The van der Waals surface area contributed by atoms with Gasteiger partial charge in [0.2, 0.25) is 0 Å².